The zero-order valence-corrected chi connectivity index (χ0v) is 16.2. The maximum atomic E-state index is 10.3. The molecule has 26 heavy (non-hydrogen) atoms. The molecule has 0 atom stereocenters. The largest absolute Gasteiger partial charge is 0.507 e. The summed E-state index contributed by atoms with van der Waals surface area (Å²) >= 11 is 0. The van der Waals surface area contributed by atoms with Gasteiger partial charge < -0.3 is 10.2 Å². The quantitative estimate of drug-likeness (QED) is 0.395. The fraction of sp³-hybridized carbons (Fsp3) is 0.500. The van der Waals surface area contributed by atoms with Crippen LogP contribution in [0.5, 0.6) is 11.5 Å². The van der Waals surface area contributed by atoms with Crippen LogP contribution in [-0.2, 0) is 6.42 Å². The van der Waals surface area contributed by atoms with Crippen LogP contribution in [-0.4, -0.2) is 10.2 Å². The second-order valence-electron chi connectivity index (χ2n) is 7.26. The van der Waals surface area contributed by atoms with E-state index in [1.807, 2.05) is 18.2 Å². The van der Waals surface area contributed by atoms with Gasteiger partial charge in [0.2, 0.25) is 0 Å². The predicted octanol–water partition coefficient (Wildman–Crippen LogP) is 7.23. The van der Waals surface area contributed by atoms with E-state index in [0.29, 0.717) is 5.56 Å². The summed E-state index contributed by atoms with van der Waals surface area (Å²) in [6.45, 7) is 2.26. The highest BCUT2D eigenvalue weighted by atomic mass is 16.3. The van der Waals surface area contributed by atoms with E-state index in [4.69, 9.17) is 0 Å². The Hall–Kier alpha value is -1.96. The van der Waals surface area contributed by atoms with Gasteiger partial charge in [0.25, 0.3) is 0 Å². The molecule has 2 aromatic rings. The average molecular weight is 355 g/mol. The van der Waals surface area contributed by atoms with Gasteiger partial charge >= 0.3 is 0 Å². The molecule has 0 spiro atoms. The Morgan fingerprint density at radius 3 is 1.85 bits per heavy atom. The Balaban J connectivity index is 1.78. The third-order valence-corrected chi connectivity index (χ3v) is 5.10. The molecule has 0 heterocycles. The molecule has 0 radical (unpaired) electrons. The minimum atomic E-state index is 0.221. The van der Waals surface area contributed by atoms with Gasteiger partial charge in [0, 0.05) is 11.1 Å². The third-order valence-electron chi connectivity index (χ3n) is 5.10. The van der Waals surface area contributed by atoms with E-state index in [1.54, 1.807) is 18.2 Å². The van der Waals surface area contributed by atoms with Gasteiger partial charge in [0.05, 0.1) is 0 Å². The van der Waals surface area contributed by atoms with Crippen LogP contribution in [0.2, 0.25) is 0 Å². The van der Waals surface area contributed by atoms with E-state index in [-0.39, 0.29) is 11.5 Å². The fourth-order valence-electron chi connectivity index (χ4n) is 3.59. The van der Waals surface area contributed by atoms with Crippen molar-refractivity contribution in [2.24, 2.45) is 0 Å². The molecular formula is C24H34O2. The highest BCUT2D eigenvalue weighted by Crippen LogP contribution is 2.38. The fourth-order valence-corrected chi connectivity index (χ4v) is 3.59. The first-order valence-electron chi connectivity index (χ1n) is 10.3. The maximum absolute atomic E-state index is 10.3. The summed E-state index contributed by atoms with van der Waals surface area (Å²) in [5.41, 5.74) is 2.61. The van der Waals surface area contributed by atoms with Crippen molar-refractivity contribution < 1.29 is 10.2 Å². The Morgan fingerprint density at radius 2 is 1.19 bits per heavy atom. The molecule has 0 aromatic heterocycles. The van der Waals surface area contributed by atoms with Crippen molar-refractivity contribution in [1.29, 1.82) is 0 Å². The molecule has 0 fully saturated rings. The smallest absolute Gasteiger partial charge is 0.123 e. The molecule has 142 valence electrons. The molecular weight excluding hydrogens is 320 g/mol. The zero-order chi connectivity index (χ0) is 18.6. The van der Waals surface area contributed by atoms with Gasteiger partial charge in [0.15, 0.2) is 0 Å². The van der Waals surface area contributed by atoms with Crippen LogP contribution in [0.4, 0.5) is 0 Å². The molecule has 2 heteroatoms. The molecule has 0 bridgehead atoms. The number of benzene rings is 2. The number of hydrogen-bond acceptors (Lipinski definition) is 2. The molecule has 0 amide bonds. The van der Waals surface area contributed by atoms with Crippen LogP contribution in [0, 0.1) is 0 Å². The number of rotatable bonds is 12. The predicted molar refractivity (Wildman–Crippen MR) is 111 cm³/mol. The minimum Gasteiger partial charge on any atom is -0.507 e. The van der Waals surface area contributed by atoms with Crippen molar-refractivity contribution in [3.05, 3.63) is 48.0 Å². The van der Waals surface area contributed by atoms with Gasteiger partial charge in [-0.05, 0) is 30.5 Å². The average Bonchev–Trinajstić information content (AvgIpc) is 2.64. The Bertz CT molecular complexity index is 648. The molecule has 2 rings (SSSR count). The first-order valence-corrected chi connectivity index (χ1v) is 10.3. The normalized spacial score (nSPS) is 11.0. The Morgan fingerprint density at radius 1 is 0.615 bits per heavy atom. The topological polar surface area (TPSA) is 40.5 Å². The van der Waals surface area contributed by atoms with Crippen molar-refractivity contribution in [3.8, 4) is 22.6 Å². The SMILES string of the molecule is CCCCCCCCCCCCc1cccc(O)c1-c1ccccc1O. The molecule has 0 saturated heterocycles. The molecule has 0 aliphatic carbocycles. The van der Waals surface area contributed by atoms with Gasteiger partial charge in [-0.25, -0.2) is 0 Å². The summed E-state index contributed by atoms with van der Waals surface area (Å²) in [5.74, 6) is 0.467. The van der Waals surface area contributed by atoms with Crippen molar-refractivity contribution in [2.75, 3.05) is 0 Å². The maximum Gasteiger partial charge on any atom is 0.123 e. The third kappa shape index (κ3) is 6.40. The minimum absolute atomic E-state index is 0.221. The lowest BCUT2D eigenvalue weighted by atomic mass is 9.94. The summed E-state index contributed by atoms with van der Waals surface area (Å²) in [6.07, 6.45) is 14.1. The summed E-state index contributed by atoms with van der Waals surface area (Å²) in [5, 5.41) is 20.5. The molecule has 0 unspecified atom stereocenters. The highest BCUT2D eigenvalue weighted by molar-refractivity contribution is 5.78. The highest BCUT2D eigenvalue weighted by Gasteiger charge is 2.13. The number of para-hydroxylation sites is 1. The van der Waals surface area contributed by atoms with Gasteiger partial charge in [-0.1, -0.05) is 95.0 Å². The lowest BCUT2D eigenvalue weighted by Gasteiger charge is -2.13. The van der Waals surface area contributed by atoms with Crippen LogP contribution in [0.25, 0.3) is 11.1 Å². The number of hydrogen-bond donors (Lipinski definition) is 2. The molecule has 0 aliphatic heterocycles. The standard InChI is InChI=1S/C24H34O2/c1-2-3-4-5-6-7-8-9-10-11-15-20-16-14-19-23(26)24(20)21-17-12-13-18-22(21)25/h12-14,16-19,25-26H,2-11,15H2,1H3. The number of phenolic OH excluding ortho intramolecular Hbond substituents is 2. The monoisotopic (exact) mass is 354 g/mol. The van der Waals surface area contributed by atoms with Gasteiger partial charge in [-0.2, -0.15) is 0 Å². The van der Waals surface area contributed by atoms with Crippen LogP contribution >= 0.6 is 0 Å². The van der Waals surface area contributed by atoms with Gasteiger partial charge in [-0.15, -0.1) is 0 Å². The Kier molecular flexibility index (Phi) is 9.09. The lowest BCUT2D eigenvalue weighted by Crippen LogP contribution is -1.92. The van der Waals surface area contributed by atoms with E-state index in [1.165, 1.54) is 57.8 Å². The lowest BCUT2D eigenvalue weighted by molar-refractivity contribution is 0.468. The summed E-state index contributed by atoms with van der Waals surface area (Å²) < 4.78 is 0. The van der Waals surface area contributed by atoms with Crippen LogP contribution in [0.3, 0.4) is 0 Å². The van der Waals surface area contributed by atoms with Gasteiger partial charge in [-0.3, -0.25) is 0 Å². The van der Waals surface area contributed by atoms with Crippen LogP contribution in [0.1, 0.15) is 76.7 Å². The van der Waals surface area contributed by atoms with E-state index in [2.05, 4.69) is 13.0 Å². The molecule has 2 nitrogen and oxygen atoms in total. The number of phenols is 2. The van der Waals surface area contributed by atoms with Crippen molar-refractivity contribution >= 4 is 0 Å². The van der Waals surface area contributed by atoms with E-state index >= 15 is 0 Å². The Labute approximate surface area is 158 Å². The van der Waals surface area contributed by atoms with Crippen molar-refractivity contribution in [1.82, 2.24) is 0 Å². The number of aryl methyl sites for hydroxylation is 1. The molecule has 2 aromatic carbocycles. The molecule has 2 N–H and O–H groups in total. The molecule has 0 aliphatic rings. The van der Waals surface area contributed by atoms with E-state index < -0.39 is 0 Å². The zero-order valence-electron chi connectivity index (χ0n) is 16.2. The second-order valence-corrected chi connectivity index (χ2v) is 7.26. The van der Waals surface area contributed by atoms with E-state index in [0.717, 1.165) is 24.0 Å². The first-order chi connectivity index (χ1) is 12.7. The summed E-state index contributed by atoms with van der Waals surface area (Å²) in [4.78, 5) is 0. The number of aromatic hydroxyl groups is 2. The molecule has 0 saturated carbocycles. The van der Waals surface area contributed by atoms with Gasteiger partial charge in [0.1, 0.15) is 11.5 Å². The van der Waals surface area contributed by atoms with E-state index in [9.17, 15) is 10.2 Å². The second kappa shape index (κ2) is 11.6. The van der Waals surface area contributed by atoms with Crippen LogP contribution in [0.15, 0.2) is 42.5 Å². The van der Waals surface area contributed by atoms with Crippen molar-refractivity contribution in [3.63, 3.8) is 0 Å². The van der Waals surface area contributed by atoms with Crippen molar-refractivity contribution in [2.45, 2.75) is 77.6 Å². The number of unbranched alkanes of at least 4 members (excludes halogenated alkanes) is 9. The summed E-state index contributed by atoms with van der Waals surface area (Å²) in [6, 6.07) is 12.9. The summed E-state index contributed by atoms with van der Waals surface area (Å²) in [7, 11) is 0. The van der Waals surface area contributed by atoms with Crippen LogP contribution < -0.4 is 0 Å². The first kappa shape index (κ1) is 20.4.